The number of benzene rings is 1. The van der Waals surface area contributed by atoms with Crippen molar-refractivity contribution in [2.75, 3.05) is 19.7 Å². The third kappa shape index (κ3) is 4.41. The fourth-order valence-electron chi connectivity index (χ4n) is 1.62. The van der Waals surface area contributed by atoms with E-state index in [4.69, 9.17) is 10.5 Å². The predicted octanol–water partition coefficient (Wildman–Crippen LogP) is 0.598. The predicted molar refractivity (Wildman–Crippen MR) is 76.1 cm³/mol. The van der Waals surface area contributed by atoms with Crippen LogP contribution >= 0.6 is 0 Å². The average molecular weight is 274 g/mol. The Hall–Kier alpha value is -2.32. The molecule has 20 heavy (non-hydrogen) atoms. The van der Waals surface area contributed by atoms with Gasteiger partial charge in [0.1, 0.15) is 6.54 Å². The molecule has 0 unspecified atom stereocenters. The van der Waals surface area contributed by atoms with Gasteiger partial charge in [0.2, 0.25) is 0 Å². The molecule has 0 atom stereocenters. The van der Waals surface area contributed by atoms with Gasteiger partial charge in [0.25, 0.3) is 5.91 Å². The summed E-state index contributed by atoms with van der Waals surface area (Å²) in [5.74, 6) is 4.87. The van der Waals surface area contributed by atoms with Gasteiger partial charge >= 0.3 is 5.97 Å². The lowest BCUT2D eigenvalue weighted by Crippen LogP contribution is -2.31. The van der Waals surface area contributed by atoms with Crippen molar-refractivity contribution in [1.29, 1.82) is 0 Å². The van der Waals surface area contributed by atoms with Gasteiger partial charge in [-0.05, 0) is 31.5 Å². The molecular formula is C15H18N2O3. The summed E-state index contributed by atoms with van der Waals surface area (Å²) in [4.78, 5) is 23.2. The lowest BCUT2D eigenvalue weighted by Gasteiger charge is -2.08. The molecule has 0 aliphatic carbocycles. The molecule has 5 nitrogen and oxygen atoms in total. The first-order chi connectivity index (χ1) is 9.60. The number of carbonyl (C=O) groups is 2. The smallest absolute Gasteiger partial charge is 0.325 e. The fraction of sp³-hybridized carbons (Fsp3) is 0.333. The van der Waals surface area contributed by atoms with Crippen LogP contribution in [0.25, 0.3) is 0 Å². The van der Waals surface area contributed by atoms with Crippen LogP contribution in [-0.4, -0.2) is 31.6 Å². The second-order valence-corrected chi connectivity index (χ2v) is 3.97. The van der Waals surface area contributed by atoms with Crippen molar-refractivity contribution >= 4 is 11.9 Å². The van der Waals surface area contributed by atoms with Crippen molar-refractivity contribution in [3.8, 4) is 11.8 Å². The minimum Gasteiger partial charge on any atom is -0.465 e. The number of carbonyl (C=O) groups excluding carboxylic acids is 2. The van der Waals surface area contributed by atoms with Crippen molar-refractivity contribution in [1.82, 2.24) is 5.32 Å². The Bertz CT molecular complexity index is 556. The van der Waals surface area contributed by atoms with Gasteiger partial charge in [0.15, 0.2) is 0 Å². The molecule has 0 bridgehead atoms. The van der Waals surface area contributed by atoms with E-state index in [0.29, 0.717) is 5.56 Å². The van der Waals surface area contributed by atoms with Gasteiger partial charge < -0.3 is 15.8 Å². The van der Waals surface area contributed by atoms with E-state index in [2.05, 4.69) is 17.2 Å². The fourth-order valence-corrected chi connectivity index (χ4v) is 1.62. The molecule has 3 N–H and O–H groups in total. The molecule has 0 aliphatic rings. The molecule has 0 aliphatic heterocycles. The zero-order chi connectivity index (χ0) is 15.0. The van der Waals surface area contributed by atoms with E-state index in [0.717, 1.165) is 11.1 Å². The van der Waals surface area contributed by atoms with Gasteiger partial charge in [-0.1, -0.05) is 17.9 Å². The van der Waals surface area contributed by atoms with Crippen molar-refractivity contribution in [2.45, 2.75) is 13.8 Å². The van der Waals surface area contributed by atoms with Crippen LogP contribution in [0.1, 0.15) is 28.4 Å². The van der Waals surface area contributed by atoms with Crippen molar-refractivity contribution in [2.24, 2.45) is 5.73 Å². The van der Waals surface area contributed by atoms with E-state index in [9.17, 15) is 9.59 Å². The molecule has 0 saturated carbocycles. The molecule has 1 aromatic rings. The highest BCUT2D eigenvalue weighted by molar-refractivity contribution is 5.97. The van der Waals surface area contributed by atoms with Crippen LogP contribution in [0.3, 0.4) is 0 Å². The van der Waals surface area contributed by atoms with E-state index in [1.807, 2.05) is 6.07 Å². The van der Waals surface area contributed by atoms with Gasteiger partial charge in [0, 0.05) is 11.1 Å². The van der Waals surface area contributed by atoms with E-state index in [1.54, 1.807) is 26.0 Å². The highest BCUT2D eigenvalue weighted by Crippen LogP contribution is 2.12. The van der Waals surface area contributed by atoms with E-state index in [-0.39, 0.29) is 25.6 Å². The molecule has 0 saturated heterocycles. The third-order valence-electron chi connectivity index (χ3n) is 2.60. The summed E-state index contributed by atoms with van der Waals surface area (Å²) < 4.78 is 4.75. The van der Waals surface area contributed by atoms with Crippen LogP contribution in [0.15, 0.2) is 18.2 Å². The van der Waals surface area contributed by atoms with Crippen LogP contribution in [0, 0.1) is 18.8 Å². The van der Waals surface area contributed by atoms with Crippen LogP contribution in [0.4, 0.5) is 0 Å². The Morgan fingerprint density at radius 3 is 2.80 bits per heavy atom. The third-order valence-corrected chi connectivity index (χ3v) is 2.60. The van der Waals surface area contributed by atoms with Crippen LogP contribution in [0.2, 0.25) is 0 Å². The molecule has 0 fully saturated rings. The van der Waals surface area contributed by atoms with Gasteiger partial charge in [-0.25, -0.2) is 0 Å². The summed E-state index contributed by atoms with van der Waals surface area (Å²) in [7, 11) is 0. The normalized spacial score (nSPS) is 9.35. The number of esters is 1. The maximum atomic E-state index is 12.0. The van der Waals surface area contributed by atoms with Crippen molar-refractivity contribution in [3.63, 3.8) is 0 Å². The topological polar surface area (TPSA) is 81.4 Å². The number of nitrogens with one attached hydrogen (secondary N) is 1. The second-order valence-electron chi connectivity index (χ2n) is 3.97. The molecule has 1 amide bonds. The standard InChI is InChI=1S/C15H18N2O3/c1-3-20-14(18)10-17-15(19)13-8-4-6-12(11(13)2)7-5-9-16/h4,6,8H,3,9-10,16H2,1-2H3,(H,17,19). The first kappa shape index (κ1) is 15.7. The van der Waals surface area contributed by atoms with Gasteiger partial charge in [-0.3, -0.25) is 9.59 Å². The summed E-state index contributed by atoms with van der Waals surface area (Å²) in [6.07, 6.45) is 0. The minimum atomic E-state index is -0.461. The SMILES string of the molecule is CCOC(=O)CNC(=O)c1cccc(C#CCN)c1C. The molecule has 0 radical (unpaired) electrons. The van der Waals surface area contributed by atoms with Gasteiger partial charge in [0.05, 0.1) is 13.2 Å². The van der Waals surface area contributed by atoms with Crippen molar-refractivity contribution < 1.29 is 14.3 Å². The van der Waals surface area contributed by atoms with Gasteiger partial charge in [-0.2, -0.15) is 0 Å². The largest absolute Gasteiger partial charge is 0.465 e. The quantitative estimate of drug-likeness (QED) is 0.622. The lowest BCUT2D eigenvalue weighted by atomic mass is 10.0. The number of amides is 1. The highest BCUT2D eigenvalue weighted by atomic mass is 16.5. The number of ether oxygens (including phenoxy) is 1. The maximum absolute atomic E-state index is 12.0. The molecule has 5 heteroatoms. The number of hydrogen-bond donors (Lipinski definition) is 2. The number of hydrogen-bond acceptors (Lipinski definition) is 4. The Morgan fingerprint density at radius 2 is 2.15 bits per heavy atom. The molecule has 1 rings (SSSR count). The summed E-state index contributed by atoms with van der Waals surface area (Å²) in [6, 6.07) is 5.25. The zero-order valence-corrected chi connectivity index (χ0v) is 11.7. The van der Waals surface area contributed by atoms with Crippen LogP contribution in [0.5, 0.6) is 0 Å². The minimum absolute atomic E-state index is 0.148. The first-order valence-corrected chi connectivity index (χ1v) is 6.32. The Balaban J connectivity index is 2.81. The van der Waals surface area contributed by atoms with Gasteiger partial charge in [-0.15, -0.1) is 0 Å². The average Bonchev–Trinajstić information content (AvgIpc) is 2.44. The lowest BCUT2D eigenvalue weighted by molar-refractivity contribution is -0.141. The summed E-state index contributed by atoms with van der Waals surface area (Å²) >= 11 is 0. The summed E-state index contributed by atoms with van der Waals surface area (Å²) in [6.45, 7) is 3.92. The van der Waals surface area contributed by atoms with Crippen LogP contribution < -0.4 is 11.1 Å². The van der Waals surface area contributed by atoms with E-state index >= 15 is 0 Å². The Morgan fingerprint density at radius 1 is 1.40 bits per heavy atom. The van der Waals surface area contributed by atoms with E-state index in [1.165, 1.54) is 0 Å². The summed E-state index contributed by atoms with van der Waals surface area (Å²) in [5.41, 5.74) is 7.32. The van der Waals surface area contributed by atoms with Crippen LogP contribution in [-0.2, 0) is 9.53 Å². The van der Waals surface area contributed by atoms with E-state index < -0.39 is 5.97 Å². The molecule has 106 valence electrons. The Kier molecular flexibility index (Phi) is 6.27. The maximum Gasteiger partial charge on any atom is 0.325 e. The molecule has 0 aromatic heterocycles. The monoisotopic (exact) mass is 274 g/mol. The summed E-state index contributed by atoms with van der Waals surface area (Å²) in [5, 5.41) is 2.52. The first-order valence-electron chi connectivity index (χ1n) is 6.32. The molecule has 1 aromatic carbocycles. The molecular weight excluding hydrogens is 256 g/mol. The second kappa shape index (κ2) is 7.97. The number of rotatable bonds is 4. The molecule has 0 heterocycles. The van der Waals surface area contributed by atoms with Crippen molar-refractivity contribution in [3.05, 3.63) is 34.9 Å². The Labute approximate surface area is 118 Å². The molecule has 0 spiro atoms. The highest BCUT2D eigenvalue weighted by Gasteiger charge is 2.12. The number of nitrogens with two attached hydrogens (primary N) is 1. The zero-order valence-electron chi connectivity index (χ0n) is 11.7.